The van der Waals surface area contributed by atoms with E-state index < -0.39 is 0 Å². The Morgan fingerprint density at radius 1 is 1.53 bits per heavy atom. The maximum absolute atomic E-state index is 11.9. The zero-order valence-electron chi connectivity index (χ0n) is 9.14. The van der Waals surface area contributed by atoms with Crippen molar-refractivity contribution in [1.82, 2.24) is 20.5 Å². The molecule has 17 heavy (non-hydrogen) atoms. The Kier molecular flexibility index (Phi) is 3.53. The molecule has 0 aliphatic heterocycles. The lowest BCUT2D eigenvalue weighted by molar-refractivity contribution is 0.0934. The summed E-state index contributed by atoms with van der Waals surface area (Å²) in [6.07, 6.45) is 3.43. The van der Waals surface area contributed by atoms with Crippen molar-refractivity contribution < 1.29 is 4.79 Å². The van der Waals surface area contributed by atoms with Gasteiger partial charge >= 0.3 is 0 Å². The highest BCUT2D eigenvalue weighted by atomic mass is 79.9. The van der Waals surface area contributed by atoms with E-state index in [1.807, 2.05) is 6.92 Å². The summed E-state index contributed by atoms with van der Waals surface area (Å²) in [7, 11) is 0. The van der Waals surface area contributed by atoms with Crippen molar-refractivity contribution in [3.63, 3.8) is 0 Å². The number of amides is 1. The fraction of sp³-hybridized carbons (Fsp3) is 0.182. The average molecular weight is 295 g/mol. The first-order chi connectivity index (χ1) is 8.16. The van der Waals surface area contributed by atoms with Gasteiger partial charge in [0, 0.05) is 11.8 Å². The summed E-state index contributed by atoms with van der Waals surface area (Å²) in [6, 6.07) is 5.11. The Bertz CT molecular complexity index is 512. The number of H-pyrrole nitrogens is 1. The summed E-state index contributed by atoms with van der Waals surface area (Å²) >= 11 is 3.23. The van der Waals surface area contributed by atoms with E-state index in [1.54, 1.807) is 30.6 Å². The van der Waals surface area contributed by atoms with Crippen LogP contribution in [0.3, 0.4) is 0 Å². The highest BCUT2D eigenvalue weighted by Gasteiger charge is 2.13. The number of hydrogen-bond donors (Lipinski definition) is 2. The van der Waals surface area contributed by atoms with Crippen molar-refractivity contribution >= 4 is 21.8 Å². The largest absolute Gasteiger partial charge is 0.344 e. The highest BCUT2D eigenvalue weighted by molar-refractivity contribution is 9.10. The first kappa shape index (κ1) is 11.8. The van der Waals surface area contributed by atoms with Gasteiger partial charge in [0.2, 0.25) is 0 Å². The zero-order valence-corrected chi connectivity index (χ0v) is 10.7. The second kappa shape index (κ2) is 5.09. The molecular formula is C11H11BrN4O. The van der Waals surface area contributed by atoms with Gasteiger partial charge in [-0.3, -0.25) is 9.89 Å². The summed E-state index contributed by atoms with van der Waals surface area (Å²) in [5, 5.41) is 9.39. The summed E-state index contributed by atoms with van der Waals surface area (Å²) < 4.78 is 0.640. The number of halogens is 1. The molecular weight excluding hydrogens is 284 g/mol. The van der Waals surface area contributed by atoms with Gasteiger partial charge < -0.3 is 5.32 Å². The van der Waals surface area contributed by atoms with Gasteiger partial charge in [-0.25, -0.2) is 4.98 Å². The third-order valence-electron chi connectivity index (χ3n) is 2.31. The van der Waals surface area contributed by atoms with Crippen LogP contribution >= 0.6 is 15.9 Å². The number of carbonyl (C=O) groups excluding carboxylic acids is 1. The Morgan fingerprint density at radius 2 is 2.35 bits per heavy atom. The molecule has 5 nitrogen and oxygen atoms in total. The summed E-state index contributed by atoms with van der Waals surface area (Å²) in [6.45, 7) is 1.89. The molecule has 0 bridgehead atoms. The highest BCUT2D eigenvalue weighted by Crippen LogP contribution is 2.11. The van der Waals surface area contributed by atoms with Crippen molar-refractivity contribution in [2.45, 2.75) is 13.0 Å². The van der Waals surface area contributed by atoms with Gasteiger partial charge in [0.15, 0.2) is 0 Å². The SMILES string of the molecule is CC(NC(=O)c1cccc(Br)n1)c1cn[nH]c1. The maximum atomic E-state index is 11.9. The molecule has 2 aromatic heterocycles. The van der Waals surface area contributed by atoms with E-state index in [0.717, 1.165) is 5.56 Å². The molecule has 0 aliphatic rings. The number of carbonyl (C=O) groups is 1. The molecule has 0 fully saturated rings. The normalized spacial score (nSPS) is 12.1. The van der Waals surface area contributed by atoms with Gasteiger partial charge in [-0.15, -0.1) is 0 Å². The fourth-order valence-corrected chi connectivity index (χ4v) is 1.73. The van der Waals surface area contributed by atoms with Crippen LogP contribution in [0.25, 0.3) is 0 Å². The smallest absolute Gasteiger partial charge is 0.270 e. The minimum atomic E-state index is -0.208. The molecule has 0 aliphatic carbocycles. The number of hydrogen-bond acceptors (Lipinski definition) is 3. The van der Waals surface area contributed by atoms with Crippen molar-refractivity contribution in [3.8, 4) is 0 Å². The predicted octanol–water partition coefficient (Wildman–Crippen LogP) is 2.06. The van der Waals surface area contributed by atoms with Gasteiger partial charge in [0.1, 0.15) is 10.3 Å². The van der Waals surface area contributed by atoms with Gasteiger partial charge in [-0.1, -0.05) is 6.07 Å². The number of aromatic nitrogens is 3. The molecule has 2 heterocycles. The minimum absolute atomic E-state index is 0.109. The number of rotatable bonds is 3. The van der Waals surface area contributed by atoms with Gasteiger partial charge in [-0.2, -0.15) is 5.10 Å². The lowest BCUT2D eigenvalue weighted by atomic mass is 10.2. The molecule has 6 heteroatoms. The average Bonchev–Trinajstić information content (AvgIpc) is 2.82. The Balaban J connectivity index is 2.07. The van der Waals surface area contributed by atoms with Crippen molar-refractivity contribution in [2.24, 2.45) is 0 Å². The van der Waals surface area contributed by atoms with E-state index in [2.05, 4.69) is 36.4 Å². The number of nitrogens with one attached hydrogen (secondary N) is 2. The molecule has 1 unspecified atom stereocenters. The predicted molar refractivity (Wildman–Crippen MR) is 66.4 cm³/mol. The van der Waals surface area contributed by atoms with E-state index in [1.165, 1.54) is 0 Å². The summed E-state index contributed by atoms with van der Waals surface area (Å²) in [5.74, 6) is -0.208. The number of aromatic amines is 1. The van der Waals surface area contributed by atoms with E-state index in [4.69, 9.17) is 0 Å². The van der Waals surface area contributed by atoms with Crippen molar-refractivity contribution in [1.29, 1.82) is 0 Å². The van der Waals surface area contributed by atoms with E-state index in [-0.39, 0.29) is 11.9 Å². The second-order valence-corrected chi connectivity index (χ2v) is 4.38. The first-order valence-electron chi connectivity index (χ1n) is 5.09. The monoisotopic (exact) mass is 294 g/mol. The standard InChI is InChI=1S/C11H11BrN4O/c1-7(8-5-13-14-6-8)15-11(17)9-3-2-4-10(12)16-9/h2-7H,1H3,(H,13,14)(H,15,17). The molecule has 88 valence electrons. The number of pyridine rings is 1. The zero-order chi connectivity index (χ0) is 12.3. The third kappa shape index (κ3) is 2.91. The fourth-order valence-electron chi connectivity index (χ4n) is 1.39. The van der Waals surface area contributed by atoms with E-state index in [9.17, 15) is 4.79 Å². The summed E-state index contributed by atoms with van der Waals surface area (Å²) in [5.41, 5.74) is 1.31. The van der Waals surface area contributed by atoms with Crippen LogP contribution in [0.1, 0.15) is 29.0 Å². The van der Waals surface area contributed by atoms with Crippen molar-refractivity contribution in [3.05, 3.63) is 46.5 Å². The van der Waals surface area contributed by atoms with Crippen LogP contribution in [-0.4, -0.2) is 21.1 Å². The van der Waals surface area contributed by atoms with Crippen LogP contribution in [0.2, 0.25) is 0 Å². The molecule has 0 saturated carbocycles. The Morgan fingerprint density at radius 3 is 3.00 bits per heavy atom. The molecule has 0 spiro atoms. The Labute approximate surface area is 107 Å². The molecule has 0 radical (unpaired) electrons. The van der Waals surface area contributed by atoms with Crippen LogP contribution in [-0.2, 0) is 0 Å². The maximum Gasteiger partial charge on any atom is 0.270 e. The van der Waals surface area contributed by atoms with Gasteiger partial charge in [0.05, 0.1) is 12.2 Å². The van der Waals surface area contributed by atoms with Gasteiger partial charge in [-0.05, 0) is 35.0 Å². The van der Waals surface area contributed by atoms with Crippen molar-refractivity contribution in [2.75, 3.05) is 0 Å². The quantitative estimate of drug-likeness (QED) is 0.851. The van der Waals surface area contributed by atoms with Crippen LogP contribution in [0.4, 0.5) is 0 Å². The van der Waals surface area contributed by atoms with Gasteiger partial charge in [0.25, 0.3) is 5.91 Å². The molecule has 0 saturated heterocycles. The Hall–Kier alpha value is -1.69. The second-order valence-electron chi connectivity index (χ2n) is 3.57. The van der Waals surface area contributed by atoms with Crippen LogP contribution in [0.5, 0.6) is 0 Å². The summed E-state index contributed by atoms with van der Waals surface area (Å²) in [4.78, 5) is 16.0. The van der Waals surface area contributed by atoms with E-state index >= 15 is 0 Å². The molecule has 1 amide bonds. The number of nitrogens with zero attached hydrogens (tertiary/aromatic N) is 2. The molecule has 1 atom stereocenters. The third-order valence-corrected chi connectivity index (χ3v) is 2.76. The molecule has 2 rings (SSSR count). The molecule has 0 aromatic carbocycles. The lowest BCUT2D eigenvalue weighted by Crippen LogP contribution is -2.27. The van der Waals surface area contributed by atoms with Crippen LogP contribution in [0.15, 0.2) is 35.2 Å². The van der Waals surface area contributed by atoms with Crippen LogP contribution in [0, 0.1) is 0 Å². The molecule has 2 N–H and O–H groups in total. The van der Waals surface area contributed by atoms with Crippen LogP contribution < -0.4 is 5.32 Å². The lowest BCUT2D eigenvalue weighted by Gasteiger charge is -2.11. The van der Waals surface area contributed by atoms with E-state index in [0.29, 0.717) is 10.3 Å². The molecule has 2 aromatic rings. The first-order valence-corrected chi connectivity index (χ1v) is 5.88. The minimum Gasteiger partial charge on any atom is -0.344 e. The topological polar surface area (TPSA) is 70.7 Å².